The van der Waals surface area contributed by atoms with E-state index in [9.17, 15) is 4.79 Å². The lowest BCUT2D eigenvalue weighted by molar-refractivity contribution is -0.139. The smallest absolute Gasteiger partial charge is 0.316 e. The summed E-state index contributed by atoms with van der Waals surface area (Å²) in [5, 5.41) is 3.79. The molecule has 5 nitrogen and oxygen atoms in total. The molecule has 0 aliphatic heterocycles. The molecule has 1 aromatic heterocycles. The molecule has 94 valence electrons. The Morgan fingerprint density at radius 2 is 2.12 bits per heavy atom. The Morgan fingerprint density at radius 1 is 1.41 bits per heavy atom. The predicted molar refractivity (Wildman–Crippen MR) is 66.8 cm³/mol. The van der Waals surface area contributed by atoms with Gasteiger partial charge in [0.25, 0.3) is 0 Å². The minimum Gasteiger partial charge on any atom is -0.465 e. The highest BCUT2D eigenvalue weighted by atomic mass is 32.2. The fourth-order valence-corrected chi connectivity index (χ4v) is 1.69. The van der Waals surface area contributed by atoms with Gasteiger partial charge in [-0.1, -0.05) is 18.7 Å². The molecule has 0 atom stereocenters. The number of aromatic nitrogens is 2. The molecule has 0 saturated carbocycles. The standard InChI is InChI=1S/C11H17N3O2S/c1-3-12-5-9-6-13-11(14-7-9)17-8-10(15)16-4-2/h6-7,12H,3-5,8H2,1-2H3. The quantitative estimate of drug-likeness (QED) is 0.449. The zero-order chi connectivity index (χ0) is 12.5. The first-order chi connectivity index (χ1) is 8.26. The van der Waals surface area contributed by atoms with Crippen LogP contribution in [0.25, 0.3) is 0 Å². The highest BCUT2D eigenvalue weighted by molar-refractivity contribution is 7.99. The molecule has 0 aromatic carbocycles. The third-order valence-corrected chi connectivity index (χ3v) is 2.73. The summed E-state index contributed by atoms with van der Waals surface area (Å²) >= 11 is 1.28. The molecule has 0 fully saturated rings. The third kappa shape index (κ3) is 5.65. The molecular formula is C11H17N3O2S. The van der Waals surface area contributed by atoms with Gasteiger partial charge in [0, 0.05) is 24.5 Å². The first kappa shape index (κ1) is 13.9. The van der Waals surface area contributed by atoms with Crippen LogP contribution >= 0.6 is 11.8 Å². The molecule has 1 N–H and O–H groups in total. The van der Waals surface area contributed by atoms with Gasteiger partial charge >= 0.3 is 5.97 Å². The van der Waals surface area contributed by atoms with Gasteiger partial charge in [0.15, 0.2) is 5.16 Å². The maximum atomic E-state index is 11.1. The molecule has 0 bridgehead atoms. The zero-order valence-corrected chi connectivity index (χ0v) is 10.9. The largest absolute Gasteiger partial charge is 0.465 e. The first-order valence-electron chi connectivity index (χ1n) is 5.56. The number of ether oxygens (including phenoxy) is 1. The van der Waals surface area contributed by atoms with Gasteiger partial charge in [0.2, 0.25) is 0 Å². The molecule has 1 aromatic rings. The second-order valence-corrected chi connectivity index (χ2v) is 4.19. The van der Waals surface area contributed by atoms with E-state index in [-0.39, 0.29) is 11.7 Å². The van der Waals surface area contributed by atoms with Gasteiger partial charge in [-0.2, -0.15) is 0 Å². The maximum Gasteiger partial charge on any atom is 0.316 e. The van der Waals surface area contributed by atoms with Crippen LogP contribution in [0.5, 0.6) is 0 Å². The van der Waals surface area contributed by atoms with E-state index in [0.717, 1.165) is 18.7 Å². The third-order valence-electron chi connectivity index (χ3n) is 1.89. The van der Waals surface area contributed by atoms with Crippen LogP contribution in [0.3, 0.4) is 0 Å². The molecule has 0 radical (unpaired) electrons. The Bertz CT molecular complexity index is 343. The number of hydrogen-bond acceptors (Lipinski definition) is 6. The van der Waals surface area contributed by atoms with Crippen molar-refractivity contribution in [1.29, 1.82) is 0 Å². The number of thioether (sulfide) groups is 1. The highest BCUT2D eigenvalue weighted by Gasteiger charge is 2.05. The number of nitrogens with zero attached hydrogens (tertiary/aromatic N) is 2. The number of carbonyl (C=O) groups is 1. The van der Waals surface area contributed by atoms with E-state index in [1.165, 1.54) is 11.8 Å². The fraction of sp³-hybridized carbons (Fsp3) is 0.545. The normalized spacial score (nSPS) is 10.2. The number of nitrogens with one attached hydrogen (secondary N) is 1. The van der Waals surface area contributed by atoms with Gasteiger partial charge in [-0.3, -0.25) is 4.79 Å². The predicted octanol–water partition coefficient (Wildman–Crippen LogP) is 1.24. The van der Waals surface area contributed by atoms with E-state index in [1.807, 2.05) is 6.92 Å². The highest BCUT2D eigenvalue weighted by Crippen LogP contribution is 2.12. The van der Waals surface area contributed by atoms with E-state index in [2.05, 4.69) is 15.3 Å². The number of carbonyl (C=O) groups excluding carboxylic acids is 1. The summed E-state index contributed by atoms with van der Waals surface area (Å²) in [4.78, 5) is 19.5. The molecule has 0 saturated heterocycles. The van der Waals surface area contributed by atoms with Gasteiger partial charge in [0.1, 0.15) is 0 Å². The zero-order valence-electron chi connectivity index (χ0n) is 10.1. The molecule has 0 spiro atoms. The van der Waals surface area contributed by atoms with Gasteiger partial charge in [-0.25, -0.2) is 9.97 Å². The minimum absolute atomic E-state index is 0.238. The first-order valence-corrected chi connectivity index (χ1v) is 6.54. The second kappa shape index (κ2) is 8.03. The van der Waals surface area contributed by atoms with Crippen LogP contribution < -0.4 is 5.32 Å². The Hall–Kier alpha value is -1.14. The van der Waals surface area contributed by atoms with Crippen molar-refractivity contribution < 1.29 is 9.53 Å². The molecular weight excluding hydrogens is 238 g/mol. The SMILES string of the molecule is CCNCc1cnc(SCC(=O)OCC)nc1. The Balaban J connectivity index is 2.37. The van der Waals surface area contributed by atoms with Gasteiger partial charge in [-0.15, -0.1) is 0 Å². The second-order valence-electron chi connectivity index (χ2n) is 3.25. The van der Waals surface area contributed by atoms with Crippen molar-refractivity contribution in [2.75, 3.05) is 18.9 Å². The molecule has 0 unspecified atom stereocenters. The molecule has 0 amide bonds. The molecule has 17 heavy (non-hydrogen) atoms. The summed E-state index contributed by atoms with van der Waals surface area (Å²) < 4.78 is 4.82. The van der Waals surface area contributed by atoms with E-state index in [0.29, 0.717) is 11.8 Å². The van der Waals surface area contributed by atoms with Gasteiger partial charge in [-0.05, 0) is 13.5 Å². The van der Waals surface area contributed by atoms with Crippen LogP contribution in [0.4, 0.5) is 0 Å². The van der Waals surface area contributed by atoms with E-state index in [4.69, 9.17) is 4.74 Å². The molecule has 1 rings (SSSR count). The maximum absolute atomic E-state index is 11.1. The van der Waals surface area contributed by atoms with Crippen molar-refractivity contribution in [2.24, 2.45) is 0 Å². The lowest BCUT2D eigenvalue weighted by atomic mass is 10.3. The molecule has 0 aliphatic carbocycles. The summed E-state index contributed by atoms with van der Waals surface area (Å²) in [6.07, 6.45) is 3.53. The van der Waals surface area contributed by atoms with Crippen molar-refractivity contribution >= 4 is 17.7 Å². The van der Waals surface area contributed by atoms with E-state index < -0.39 is 0 Å². The Morgan fingerprint density at radius 3 is 2.71 bits per heavy atom. The fourth-order valence-electron chi connectivity index (χ4n) is 1.10. The van der Waals surface area contributed by atoms with Crippen LogP contribution in [-0.2, 0) is 16.1 Å². The summed E-state index contributed by atoms with van der Waals surface area (Å²) in [6.45, 7) is 5.92. The summed E-state index contributed by atoms with van der Waals surface area (Å²) in [5.41, 5.74) is 1.03. The lowest BCUT2D eigenvalue weighted by Crippen LogP contribution is -2.12. The Labute approximate surface area is 105 Å². The number of esters is 1. The van der Waals surface area contributed by atoms with Crippen LogP contribution in [0.2, 0.25) is 0 Å². The van der Waals surface area contributed by atoms with E-state index >= 15 is 0 Å². The lowest BCUT2D eigenvalue weighted by Gasteiger charge is -2.03. The minimum atomic E-state index is -0.238. The molecule has 0 aliphatic rings. The van der Waals surface area contributed by atoms with Crippen LogP contribution in [-0.4, -0.2) is 34.8 Å². The Kier molecular flexibility index (Phi) is 6.57. The van der Waals surface area contributed by atoms with Crippen LogP contribution in [0.15, 0.2) is 17.6 Å². The van der Waals surface area contributed by atoms with Crippen molar-refractivity contribution in [2.45, 2.75) is 25.5 Å². The molecule has 6 heteroatoms. The van der Waals surface area contributed by atoms with Gasteiger partial charge in [0.05, 0.1) is 12.4 Å². The van der Waals surface area contributed by atoms with E-state index in [1.54, 1.807) is 19.3 Å². The van der Waals surface area contributed by atoms with Crippen molar-refractivity contribution in [1.82, 2.24) is 15.3 Å². The average molecular weight is 255 g/mol. The topological polar surface area (TPSA) is 64.1 Å². The van der Waals surface area contributed by atoms with Crippen molar-refractivity contribution in [3.63, 3.8) is 0 Å². The average Bonchev–Trinajstić information content (AvgIpc) is 2.35. The van der Waals surface area contributed by atoms with Crippen LogP contribution in [0.1, 0.15) is 19.4 Å². The van der Waals surface area contributed by atoms with Crippen molar-refractivity contribution in [3.8, 4) is 0 Å². The van der Waals surface area contributed by atoms with Gasteiger partial charge < -0.3 is 10.1 Å². The monoisotopic (exact) mass is 255 g/mol. The number of hydrogen-bond donors (Lipinski definition) is 1. The number of rotatable bonds is 7. The summed E-state index contributed by atoms with van der Waals surface area (Å²) in [6, 6.07) is 0. The van der Waals surface area contributed by atoms with Crippen molar-refractivity contribution in [3.05, 3.63) is 18.0 Å². The summed E-state index contributed by atoms with van der Waals surface area (Å²) in [7, 11) is 0. The van der Waals surface area contributed by atoms with Crippen LogP contribution in [0, 0.1) is 0 Å². The summed E-state index contributed by atoms with van der Waals surface area (Å²) in [5.74, 6) is 0.0123. The molecule has 1 heterocycles.